The highest BCUT2D eigenvalue weighted by molar-refractivity contribution is 5.79. The predicted octanol–water partition coefficient (Wildman–Crippen LogP) is 3.12. The normalized spacial score (nSPS) is 11.5. The first-order chi connectivity index (χ1) is 11.3. The number of para-hydroxylation sites is 1. The van der Waals surface area contributed by atoms with Gasteiger partial charge in [-0.2, -0.15) is 0 Å². The lowest BCUT2D eigenvalue weighted by Crippen LogP contribution is -2.37. The zero-order valence-corrected chi connectivity index (χ0v) is 14.1. The summed E-state index contributed by atoms with van der Waals surface area (Å²) in [6.45, 7) is 3.91. The second-order valence-corrected chi connectivity index (χ2v) is 5.51. The minimum absolute atomic E-state index is 0.725. The molecule has 2 aromatic rings. The number of nitrogens with zero attached hydrogens (tertiary/aromatic N) is 3. The van der Waals surface area contributed by atoms with Crippen molar-refractivity contribution in [3.8, 4) is 5.69 Å². The molecule has 2 N–H and O–H groups in total. The fourth-order valence-electron chi connectivity index (χ4n) is 2.47. The molecule has 5 heteroatoms. The highest BCUT2D eigenvalue weighted by Gasteiger charge is 2.04. The molecule has 23 heavy (non-hydrogen) atoms. The maximum atomic E-state index is 4.29. The summed E-state index contributed by atoms with van der Waals surface area (Å²) in [7, 11) is 1.81. The van der Waals surface area contributed by atoms with Crippen molar-refractivity contribution in [3.63, 3.8) is 0 Å². The molecule has 0 aliphatic heterocycles. The van der Waals surface area contributed by atoms with Crippen molar-refractivity contribution in [3.05, 3.63) is 48.5 Å². The Labute approximate surface area is 138 Å². The molecule has 0 aliphatic carbocycles. The molecule has 0 amide bonds. The topological polar surface area (TPSA) is 54.2 Å². The number of benzene rings is 1. The van der Waals surface area contributed by atoms with E-state index in [4.69, 9.17) is 0 Å². The Hall–Kier alpha value is -2.30. The Morgan fingerprint density at radius 3 is 2.78 bits per heavy atom. The third kappa shape index (κ3) is 5.43. The van der Waals surface area contributed by atoms with Crippen LogP contribution in [0.25, 0.3) is 5.69 Å². The highest BCUT2D eigenvalue weighted by Crippen LogP contribution is 2.13. The van der Waals surface area contributed by atoms with Crippen molar-refractivity contribution in [2.75, 3.05) is 13.6 Å². The monoisotopic (exact) mass is 313 g/mol. The summed E-state index contributed by atoms with van der Waals surface area (Å²) in [6, 6.07) is 8.31. The first kappa shape index (κ1) is 17.1. The van der Waals surface area contributed by atoms with Crippen LogP contribution in [-0.2, 0) is 6.54 Å². The summed E-state index contributed by atoms with van der Waals surface area (Å²) in [5.41, 5.74) is 2.34. The van der Waals surface area contributed by atoms with E-state index in [0.717, 1.165) is 24.7 Å². The van der Waals surface area contributed by atoms with Gasteiger partial charge in [-0.3, -0.25) is 4.99 Å². The van der Waals surface area contributed by atoms with Crippen molar-refractivity contribution in [2.24, 2.45) is 4.99 Å². The van der Waals surface area contributed by atoms with Gasteiger partial charge in [-0.25, -0.2) is 4.98 Å². The molecule has 0 fully saturated rings. The van der Waals surface area contributed by atoms with Gasteiger partial charge >= 0.3 is 0 Å². The molecule has 0 radical (unpaired) electrons. The average molecular weight is 313 g/mol. The van der Waals surface area contributed by atoms with Crippen LogP contribution in [0.3, 0.4) is 0 Å². The number of hydrogen-bond acceptors (Lipinski definition) is 2. The number of hydrogen-bond donors (Lipinski definition) is 2. The second-order valence-electron chi connectivity index (χ2n) is 5.51. The van der Waals surface area contributed by atoms with Crippen molar-refractivity contribution >= 4 is 5.96 Å². The van der Waals surface area contributed by atoms with E-state index in [1.807, 2.05) is 30.2 Å². The molecule has 2 rings (SSSR count). The van der Waals surface area contributed by atoms with Gasteiger partial charge in [0, 0.05) is 32.5 Å². The van der Waals surface area contributed by atoms with E-state index in [9.17, 15) is 0 Å². The van der Waals surface area contributed by atoms with Gasteiger partial charge in [0.05, 0.1) is 12.0 Å². The van der Waals surface area contributed by atoms with E-state index < -0.39 is 0 Å². The van der Waals surface area contributed by atoms with E-state index in [1.165, 1.54) is 31.2 Å². The van der Waals surface area contributed by atoms with Crippen LogP contribution in [0, 0.1) is 0 Å². The summed E-state index contributed by atoms with van der Waals surface area (Å²) in [5.74, 6) is 0.849. The zero-order valence-electron chi connectivity index (χ0n) is 14.1. The Bertz CT molecular complexity index is 589. The third-order valence-electron chi connectivity index (χ3n) is 3.77. The van der Waals surface area contributed by atoms with E-state index in [1.54, 1.807) is 6.20 Å². The average Bonchev–Trinajstić information content (AvgIpc) is 3.12. The van der Waals surface area contributed by atoms with Gasteiger partial charge in [0.15, 0.2) is 5.96 Å². The molecule has 0 aliphatic rings. The first-order valence-electron chi connectivity index (χ1n) is 8.36. The predicted molar refractivity (Wildman–Crippen MR) is 95.9 cm³/mol. The molecule has 1 aromatic heterocycles. The van der Waals surface area contributed by atoms with E-state index in [2.05, 4.69) is 45.7 Å². The molecule has 0 bridgehead atoms. The fraction of sp³-hybridized carbons (Fsp3) is 0.444. The summed E-state index contributed by atoms with van der Waals surface area (Å²) < 4.78 is 2.03. The molecule has 1 aromatic carbocycles. The number of aliphatic imine (C=N–C) groups is 1. The van der Waals surface area contributed by atoms with Crippen LogP contribution in [-0.4, -0.2) is 29.1 Å². The van der Waals surface area contributed by atoms with Gasteiger partial charge in [-0.1, -0.05) is 44.4 Å². The highest BCUT2D eigenvalue weighted by atomic mass is 15.2. The molecule has 0 saturated heterocycles. The number of imidazole rings is 1. The van der Waals surface area contributed by atoms with Crippen LogP contribution >= 0.6 is 0 Å². The van der Waals surface area contributed by atoms with Crippen molar-refractivity contribution in [2.45, 2.75) is 39.2 Å². The Balaban J connectivity index is 1.87. The first-order valence-corrected chi connectivity index (χ1v) is 8.36. The molecule has 0 spiro atoms. The lowest BCUT2D eigenvalue weighted by atomic mass is 10.1. The van der Waals surface area contributed by atoms with Crippen LogP contribution in [0.5, 0.6) is 0 Å². The van der Waals surface area contributed by atoms with Crippen LogP contribution in [0.4, 0.5) is 0 Å². The van der Waals surface area contributed by atoms with E-state index in [-0.39, 0.29) is 0 Å². The molecule has 1 heterocycles. The van der Waals surface area contributed by atoms with Crippen molar-refractivity contribution in [1.29, 1.82) is 0 Å². The number of aromatic nitrogens is 2. The molecule has 0 unspecified atom stereocenters. The van der Waals surface area contributed by atoms with Crippen LogP contribution in [0.2, 0.25) is 0 Å². The number of rotatable bonds is 8. The minimum Gasteiger partial charge on any atom is -0.356 e. The molecule has 0 atom stereocenters. The maximum Gasteiger partial charge on any atom is 0.191 e. The maximum absolute atomic E-state index is 4.29. The van der Waals surface area contributed by atoms with Gasteiger partial charge in [-0.05, 0) is 18.1 Å². The molecular weight excluding hydrogens is 286 g/mol. The third-order valence-corrected chi connectivity index (χ3v) is 3.77. The summed E-state index contributed by atoms with van der Waals surface area (Å²) in [4.78, 5) is 8.41. The van der Waals surface area contributed by atoms with Crippen LogP contribution in [0.1, 0.15) is 38.2 Å². The number of unbranched alkanes of at least 4 members (excludes halogenated alkanes) is 3. The van der Waals surface area contributed by atoms with Crippen molar-refractivity contribution in [1.82, 2.24) is 20.2 Å². The fourth-order valence-corrected chi connectivity index (χ4v) is 2.47. The van der Waals surface area contributed by atoms with Crippen LogP contribution < -0.4 is 10.6 Å². The lowest BCUT2D eigenvalue weighted by Gasteiger charge is -2.14. The van der Waals surface area contributed by atoms with E-state index in [0.29, 0.717) is 0 Å². The van der Waals surface area contributed by atoms with Gasteiger partial charge in [0.2, 0.25) is 0 Å². The van der Waals surface area contributed by atoms with Gasteiger partial charge in [-0.15, -0.1) is 0 Å². The smallest absolute Gasteiger partial charge is 0.191 e. The summed E-state index contributed by atoms with van der Waals surface area (Å²) in [5, 5.41) is 6.76. The second kappa shape index (κ2) is 9.66. The molecule has 5 nitrogen and oxygen atoms in total. The van der Waals surface area contributed by atoms with Crippen molar-refractivity contribution < 1.29 is 0 Å². The minimum atomic E-state index is 0.725. The molecule has 0 saturated carbocycles. The standard InChI is InChI=1S/C18H27N5/c1-3-4-5-8-11-21-18(19-2)22-14-16-9-6-7-10-17(16)23-13-12-20-15-23/h6-7,9-10,12-13,15H,3-5,8,11,14H2,1-2H3,(H2,19,21,22). The van der Waals surface area contributed by atoms with Crippen LogP contribution in [0.15, 0.2) is 48.0 Å². The number of guanidine groups is 1. The largest absolute Gasteiger partial charge is 0.356 e. The quantitative estimate of drug-likeness (QED) is 0.447. The zero-order chi connectivity index (χ0) is 16.3. The Kier molecular flexibility index (Phi) is 7.17. The van der Waals surface area contributed by atoms with E-state index >= 15 is 0 Å². The SMILES string of the molecule is CCCCCCNC(=NC)NCc1ccccc1-n1ccnc1. The number of nitrogens with one attached hydrogen (secondary N) is 2. The van der Waals surface area contributed by atoms with Gasteiger partial charge in [0.1, 0.15) is 0 Å². The molecular formula is C18H27N5. The summed E-state index contributed by atoms with van der Waals surface area (Å²) >= 11 is 0. The Morgan fingerprint density at radius 1 is 1.17 bits per heavy atom. The Morgan fingerprint density at radius 2 is 2.04 bits per heavy atom. The lowest BCUT2D eigenvalue weighted by molar-refractivity contribution is 0.647. The molecule has 124 valence electrons. The summed E-state index contributed by atoms with van der Waals surface area (Å²) in [6.07, 6.45) is 10.6. The van der Waals surface area contributed by atoms with Gasteiger partial charge in [0.25, 0.3) is 0 Å². The van der Waals surface area contributed by atoms with Gasteiger partial charge < -0.3 is 15.2 Å².